The molecule has 2 aromatic carbocycles. The van der Waals surface area contributed by atoms with Gasteiger partial charge in [0.2, 0.25) is 5.95 Å². The van der Waals surface area contributed by atoms with Crippen LogP contribution in [0.15, 0.2) is 60.0 Å². The van der Waals surface area contributed by atoms with Gasteiger partial charge in [0, 0.05) is 18.7 Å². The predicted octanol–water partition coefficient (Wildman–Crippen LogP) is 3.44. The van der Waals surface area contributed by atoms with Gasteiger partial charge in [-0.25, -0.2) is 9.37 Å². The van der Waals surface area contributed by atoms with Crippen molar-refractivity contribution in [3.05, 3.63) is 77.4 Å². The Morgan fingerprint density at radius 2 is 2.00 bits per heavy atom. The lowest BCUT2D eigenvalue weighted by Crippen LogP contribution is -2.37. The van der Waals surface area contributed by atoms with E-state index in [-0.39, 0.29) is 17.9 Å². The van der Waals surface area contributed by atoms with E-state index in [2.05, 4.69) is 20.5 Å². The van der Waals surface area contributed by atoms with Gasteiger partial charge in [-0.1, -0.05) is 42.0 Å². The van der Waals surface area contributed by atoms with Gasteiger partial charge in [-0.2, -0.15) is 15.1 Å². The molecule has 0 spiro atoms. The zero-order chi connectivity index (χ0) is 24.2. The Labute approximate surface area is 201 Å². The van der Waals surface area contributed by atoms with Crippen LogP contribution in [0.25, 0.3) is 11.2 Å². The van der Waals surface area contributed by atoms with E-state index in [1.807, 2.05) is 36.1 Å². The minimum Gasteiger partial charge on any atom is -0.378 e. The Kier molecular flexibility index (Phi) is 6.44. The molecule has 9 nitrogen and oxygen atoms in total. The number of nitrogens with zero attached hydrogens (tertiary/aromatic N) is 6. The number of imidazole rings is 1. The number of halogens is 1. The molecule has 178 valence electrons. The van der Waals surface area contributed by atoms with Gasteiger partial charge in [-0.15, -0.1) is 0 Å². The minimum atomic E-state index is -0.457. The van der Waals surface area contributed by atoms with Crippen molar-refractivity contribution in [1.82, 2.24) is 19.5 Å². The molecular weight excluding hydrogens is 449 g/mol. The Bertz CT molecular complexity index is 1400. The largest absolute Gasteiger partial charge is 0.378 e. The third-order valence-corrected chi connectivity index (χ3v) is 5.63. The fourth-order valence-corrected chi connectivity index (χ4v) is 3.86. The lowest BCUT2D eigenvalue weighted by Gasteiger charge is -2.27. The van der Waals surface area contributed by atoms with E-state index in [0.29, 0.717) is 49.2 Å². The number of morpholine rings is 1. The second-order valence-electron chi connectivity index (χ2n) is 8.23. The quantitative estimate of drug-likeness (QED) is 0.249. The number of hydrogen-bond donors (Lipinski definition) is 1. The van der Waals surface area contributed by atoms with Gasteiger partial charge in [0.25, 0.3) is 0 Å². The Hall–Kier alpha value is -4.18. The first-order chi connectivity index (χ1) is 17.1. The summed E-state index contributed by atoms with van der Waals surface area (Å²) in [6.07, 6.45) is 3.24. The van der Waals surface area contributed by atoms with Gasteiger partial charge in [0.05, 0.1) is 32.3 Å². The van der Waals surface area contributed by atoms with Crippen LogP contribution in [0.3, 0.4) is 0 Å². The lowest BCUT2D eigenvalue weighted by atomic mass is 10.1. The van der Waals surface area contributed by atoms with E-state index in [0.717, 1.165) is 11.1 Å². The zero-order valence-corrected chi connectivity index (χ0v) is 19.2. The van der Waals surface area contributed by atoms with Crippen molar-refractivity contribution in [2.75, 3.05) is 36.6 Å². The summed E-state index contributed by atoms with van der Waals surface area (Å²) in [7, 11) is 0. The van der Waals surface area contributed by atoms with Gasteiger partial charge < -0.3 is 14.2 Å². The number of rotatable bonds is 7. The number of fused-ring (bicyclic) bond motifs is 1. The summed E-state index contributed by atoms with van der Waals surface area (Å²) in [5.41, 5.74) is 6.33. The first-order valence-electron chi connectivity index (χ1n) is 11.3. The average Bonchev–Trinajstić information content (AvgIpc) is 3.27. The molecule has 0 radical (unpaired) electrons. The van der Waals surface area contributed by atoms with Crippen molar-refractivity contribution < 1.29 is 13.9 Å². The fourth-order valence-electron chi connectivity index (χ4n) is 3.86. The van der Waals surface area contributed by atoms with Crippen LogP contribution < -0.4 is 10.3 Å². The van der Waals surface area contributed by atoms with Gasteiger partial charge >= 0.3 is 0 Å². The van der Waals surface area contributed by atoms with Gasteiger partial charge in [-0.05, 0) is 24.6 Å². The maximum Gasteiger partial charge on any atom is 0.229 e. The van der Waals surface area contributed by atoms with Crippen LogP contribution in [0.1, 0.15) is 21.5 Å². The maximum atomic E-state index is 13.6. The molecule has 0 atom stereocenters. The highest BCUT2D eigenvalue weighted by atomic mass is 19.1. The minimum absolute atomic E-state index is 0.0362. The number of hydrazone groups is 1. The first-order valence-corrected chi connectivity index (χ1v) is 11.3. The van der Waals surface area contributed by atoms with Crippen LogP contribution in [0, 0.1) is 12.7 Å². The van der Waals surface area contributed by atoms with Crippen LogP contribution in [-0.2, 0) is 11.3 Å². The summed E-state index contributed by atoms with van der Waals surface area (Å²) in [5, 5.41) is 4.35. The number of aromatic nitrogens is 4. The molecule has 2 aromatic heterocycles. The number of carbonyl (C=O) groups is 1. The van der Waals surface area contributed by atoms with Crippen LogP contribution in [-0.4, -0.2) is 57.8 Å². The van der Waals surface area contributed by atoms with Gasteiger partial charge in [-0.3, -0.25) is 10.2 Å². The summed E-state index contributed by atoms with van der Waals surface area (Å²) in [6.45, 7) is 4.43. The molecule has 35 heavy (non-hydrogen) atoms. The van der Waals surface area contributed by atoms with Crippen molar-refractivity contribution in [3.8, 4) is 0 Å². The molecule has 4 aromatic rings. The van der Waals surface area contributed by atoms with E-state index in [9.17, 15) is 9.18 Å². The fraction of sp³-hybridized carbons (Fsp3) is 0.240. The number of anilines is 2. The molecule has 1 fully saturated rings. The van der Waals surface area contributed by atoms with E-state index >= 15 is 0 Å². The highest BCUT2D eigenvalue weighted by Crippen LogP contribution is 2.24. The van der Waals surface area contributed by atoms with Crippen LogP contribution >= 0.6 is 0 Å². The van der Waals surface area contributed by atoms with E-state index < -0.39 is 5.82 Å². The number of hydrogen-bond acceptors (Lipinski definition) is 8. The van der Waals surface area contributed by atoms with Gasteiger partial charge in [0.15, 0.2) is 22.8 Å². The molecule has 1 saturated heterocycles. The molecule has 0 bridgehead atoms. The zero-order valence-electron chi connectivity index (χ0n) is 19.2. The summed E-state index contributed by atoms with van der Waals surface area (Å²) >= 11 is 0. The average molecular weight is 474 g/mol. The monoisotopic (exact) mass is 473 g/mol. The van der Waals surface area contributed by atoms with Crippen molar-refractivity contribution in [2.45, 2.75) is 13.5 Å². The Balaban J connectivity index is 1.48. The lowest BCUT2D eigenvalue weighted by molar-refractivity contribution is 0.0972. The number of benzene rings is 2. The number of Topliss-reactive ketones (excluding diaryl/α,β-unsaturated/α-hetero) is 1. The number of aryl methyl sites for hydroxylation is 1. The standard InChI is InChI=1S/C25H24FN7O2/c1-17-4-2-5-18(12-17)14-28-31-23-22-24(30-25(29-23)32-8-10-35-11-9-32)33(16-27-22)15-21(34)19-6-3-7-20(26)13-19/h2-7,12-14,16H,8-11,15H2,1H3,(H,29,30,31)/b28-14+. The van der Waals surface area contributed by atoms with Crippen molar-refractivity contribution >= 4 is 34.9 Å². The summed E-state index contributed by atoms with van der Waals surface area (Å²) in [4.78, 5) is 28.6. The third kappa shape index (κ3) is 5.17. The van der Waals surface area contributed by atoms with E-state index in [1.54, 1.807) is 16.8 Å². The molecule has 1 aliphatic heterocycles. The first kappa shape index (κ1) is 22.6. The highest BCUT2D eigenvalue weighted by Gasteiger charge is 2.20. The van der Waals surface area contributed by atoms with Crippen LogP contribution in [0.2, 0.25) is 0 Å². The molecule has 3 heterocycles. The Morgan fingerprint density at radius 3 is 2.80 bits per heavy atom. The maximum absolute atomic E-state index is 13.6. The molecule has 0 unspecified atom stereocenters. The second kappa shape index (κ2) is 9.98. The molecule has 0 saturated carbocycles. The number of carbonyl (C=O) groups excluding carboxylic acids is 1. The third-order valence-electron chi connectivity index (χ3n) is 5.63. The molecule has 1 aliphatic rings. The molecule has 5 rings (SSSR count). The molecule has 1 N–H and O–H groups in total. The number of ketones is 1. The second-order valence-corrected chi connectivity index (χ2v) is 8.23. The van der Waals surface area contributed by atoms with Crippen LogP contribution in [0.4, 0.5) is 16.2 Å². The Morgan fingerprint density at radius 1 is 1.17 bits per heavy atom. The molecule has 10 heteroatoms. The van der Waals surface area contributed by atoms with Gasteiger partial charge in [0.1, 0.15) is 5.82 Å². The van der Waals surface area contributed by atoms with Crippen molar-refractivity contribution in [1.29, 1.82) is 0 Å². The summed E-state index contributed by atoms with van der Waals surface area (Å²) in [5.74, 6) is 0.217. The van der Waals surface area contributed by atoms with E-state index in [4.69, 9.17) is 9.72 Å². The topological polar surface area (TPSA) is 97.5 Å². The normalized spacial score (nSPS) is 14.1. The molecule has 0 amide bonds. The molecule has 0 aliphatic carbocycles. The molecular formula is C25H24FN7O2. The summed E-state index contributed by atoms with van der Waals surface area (Å²) < 4.78 is 20.7. The predicted molar refractivity (Wildman–Crippen MR) is 131 cm³/mol. The van der Waals surface area contributed by atoms with E-state index in [1.165, 1.54) is 24.5 Å². The van der Waals surface area contributed by atoms with Crippen LogP contribution in [0.5, 0.6) is 0 Å². The van der Waals surface area contributed by atoms with Crippen molar-refractivity contribution in [3.63, 3.8) is 0 Å². The summed E-state index contributed by atoms with van der Waals surface area (Å²) in [6, 6.07) is 13.6. The smallest absolute Gasteiger partial charge is 0.229 e. The highest BCUT2D eigenvalue weighted by molar-refractivity contribution is 5.97. The van der Waals surface area contributed by atoms with Crippen molar-refractivity contribution in [2.24, 2.45) is 5.10 Å². The number of nitrogens with one attached hydrogen (secondary N) is 1. The SMILES string of the molecule is Cc1cccc(/C=N/Nc2nc(N3CCOCC3)nc3c2ncn3CC(=O)c2cccc(F)c2)c1. The number of ether oxygens (including phenoxy) is 1.